The van der Waals surface area contributed by atoms with E-state index in [4.69, 9.17) is 0 Å². The number of imidazole rings is 1. The molecule has 41 heavy (non-hydrogen) atoms. The van der Waals surface area contributed by atoms with Gasteiger partial charge in [0.05, 0.1) is 10.9 Å². The Morgan fingerprint density at radius 1 is 1.10 bits per heavy atom. The minimum atomic E-state index is -3.98. The molecule has 14 heteroatoms. The summed E-state index contributed by atoms with van der Waals surface area (Å²) in [4.78, 5) is 46.1. The number of carboxylic acids is 1. The van der Waals surface area contributed by atoms with E-state index in [9.17, 15) is 33.0 Å². The fraction of sp³-hybridized carbons (Fsp3) is 0.333. The Balaban J connectivity index is 1.50. The Labute approximate surface area is 237 Å². The average molecular weight is 585 g/mol. The third-order valence-electron chi connectivity index (χ3n) is 6.70. The molecular weight excluding hydrogens is 552 g/mol. The molecule has 3 aromatic rings. The van der Waals surface area contributed by atoms with Crippen molar-refractivity contribution in [2.45, 2.75) is 55.8 Å². The number of aliphatic hydroxyl groups excluding tert-OH is 1. The summed E-state index contributed by atoms with van der Waals surface area (Å²) in [7, 11) is -3.98. The van der Waals surface area contributed by atoms with Gasteiger partial charge < -0.3 is 25.4 Å². The van der Waals surface area contributed by atoms with Crippen LogP contribution in [0.1, 0.15) is 23.2 Å². The van der Waals surface area contributed by atoms with Gasteiger partial charge in [0, 0.05) is 24.5 Å². The van der Waals surface area contributed by atoms with Crippen LogP contribution in [0.5, 0.6) is 0 Å². The van der Waals surface area contributed by atoms with Gasteiger partial charge in [-0.3, -0.25) is 10.1 Å². The van der Waals surface area contributed by atoms with Gasteiger partial charge in [0.1, 0.15) is 6.04 Å². The third-order valence-corrected chi connectivity index (χ3v) is 8.24. The molecule has 4 rings (SSSR count). The fourth-order valence-corrected chi connectivity index (χ4v) is 5.83. The van der Waals surface area contributed by atoms with E-state index in [1.54, 1.807) is 49.4 Å². The number of likely N-dealkylation sites (tertiary alicyclic amines) is 1. The second-order valence-corrected chi connectivity index (χ2v) is 11.7. The Morgan fingerprint density at radius 3 is 2.39 bits per heavy atom. The van der Waals surface area contributed by atoms with E-state index in [0.717, 1.165) is 10.5 Å². The number of aryl methyl sites for hydroxylation is 2. The van der Waals surface area contributed by atoms with Crippen LogP contribution < -0.4 is 15.4 Å². The first kappa shape index (κ1) is 29.7. The molecule has 1 aliphatic heterocycles. The summed E-state index contributed by atoms with van der Waals surface area (Å²) in [5.41, 5.74) is 2.27. The molecule has 1 aromatic heterocycles. The molecule has 2 aromatic carbocycles. The number of aliphatic hydroxyl groups is 1. The van der Waals surface area contributed by atoms with Gasteiger partial charge in [-0.25, -0.2) is 27.7 Å². The molecule has 1 saturated heterocycles. The highest BCUT2D eigenvalue weighted by molar-refractivity contribution is 7.89. The molecule has 3 amide bonds. The zero-order valence-electron chi connectivity index (χ0n) is 22.4. The van der Waals surface area contributed by atoms with E-state index in [1.807, 2.05) is 6.92 Å². The van der Waals surface area contributed by atoms with Crippen LogP contribution in [0.25, 0.3) is 0 Å². The predicted molar refractivity (Wildman–Crippen MR) is 148 cm³/mol. The molecule has 13 nitrogen and oxygen atoms in total. The van der Waals surface area contributed by atoms with Crippen molar-refractivity contribution in [1.29, 1.82) is 0 Å². The average Bonchev–Trinajstić information content (AvgIpc) is 3.54. The van der Waals surface area contributed by atoms with Gasteiger partial charge in [-0.2, -0.15) is 0 Å². The molecular formula is C27H32N6O7S. The number of carbonyl (C=O) groups is 3. The van der Waals surface area contributed by atoms with Crippen LogP contribution in [0.4, 0.5) is 10.7 Å². The highest BCUT2D eigenvalue weighted by atomic mass is 32.2. The smallest absolute Gasteiger partial charge is 0.326 e. The van der Waals surface area contributed by atoms with Gasteiger partial charge in [0.2, 0.25) is 16.0 Å². The zero-order chi connectivity index (χ0) is 29.7. The Bertz CT molecular complexity index is 1490. The number of anilines is 1. The van der Waals surface area contributed by atoms with E-state index in [-0.39, 0.29) is 30.2 Å². The second-order valence-electron chi connectivity index (χ2n) is 9.97. The largest absolute Gasteiger partial charge is 0.480 e. The molecule has 0 radical (unpaired) electrons. The molecule has 0 spiro atoms. The van der Waals surface area contributed by atoms with Crippen LogP contribution >= 0.6 is 0 Å². The minimum Gasteiger partial charge on any atom is -0.480 e. The molecule has 0 aliphatic carbocycles. The third kappa shape index (κ3) is 7.48. The van der Waals surface area contributed by atoms with Crippen LogP contribution in [0.3, 0.4) is 0 Å². The zero-order valence-corrected chi connectivity index (χ0v) is 23.3. The van der Waals surface area contributed by atoms with E-state index in [2.05, 4.69) is 25.3 Å². The maximum absolute atomic E-state index is 13.4. The van der Waals surface area contributed by atoms with Crippen molar-refractivity contribution < 1.29 is 33.0 Å². The summed E-state index contributed by atoms with van der Waals surface area (Å²) < 4.78 is 28.3. The van der Waals surface area contributed by atoms with Crippen molar-refractivity contribution in [3.8, 4) is 0 Å². The number of hydrogen-bond acceptors (Lipinski definition) is 7. The molecule has 0 bridgehead atoms. The number of aliphatic carboxylic acids is 1. The number of carbonyl (C=O) groups excluding carboxylic acids is 2. The van der Waals surface area contributed by atoms with Crippen molar-refractivity contribution in [3.63, 3.8) is 0 Å². The SMILES string of the molecule is Cc1ccc(S(=O)(=O)N[C@@H]2C[C@@H](C(=O)O)N(C(=O)NC(Cc3ccccc3)C(O)C(=O)Nc3ncc(C)[nH]3)C2)cc1. The fourth-order valence-electron chi connectivity index (χ4n) is 4.59. The summed E-state index contributed by atoms with van der Waals surface area (Å²) in [6.07, 6.45) is -0.356. The summed E-state index contributed by atoms with van der Waals surface area (Å²) in [6.45, 7) is 3.32. The number of hydrogen-bond donors (Lipinski definition) is 6. The Morgan fingerprint density at radius 2 is 1.78 bits per heavy atom. The van der Waals surface area contributed by atoms with Crippen molar-refractivity contribution in [2.75, 3.05) is 11.9 Å². The van der Waals surface area contributed by atoms with Crippen molar-refractivity contribution in [2.24, 2.45) is 0 Å². The maximum Gasteiger partial charge on any atom is 0.326 e. The van der Waals surface area contributed by atoms with Crippen LogP contribution in [-0.2, 0) is 26.0 Å². The number of nitrogens with zero attached hydrogens (tertiary/aromatic N) is 2. The first-order chi connectivity index (χ1) is 19.4. The molecule has 4 atom stereocenters. The van der Waals surface area contributed by atoms with Crippen LogP contribution in [0, 0.1) is 13.8 Å². The molecule has 6 N–H and O–H groups in total. The molecule has 0 saturated carbocycles. The lowest BCUT2D eigenvalue weighted by Gasteiger charge is -2.28. The monoisotopic (exact) mass is 584 g/mol. The number of nitrogens with one attached hydrogen (secondary N) is 4. The highest BCUT2D eigenvalue weighted by Gasteiger charge is 2.42. The van der Waals surface area contributed by atoms with E-state index in [1.165, 1.54) is 18.3 Å². The summed E-state index contributed by atoms with van der Waals surface area (Å²) in [5, 5.41) is 25.8. The lowest BCUT2D eigenvalue weighted by molar-refractivity contribution is -0.141. The number of aromatic amines is 1. The number of sulfonamides is 1. The van der Waals surface area contributed by atoms with Crippen molar-refractivity contribution >= 4 is 33.9 Å². The number of benzene rings is 2. The Hall–Kier alpha value is -4.27. The van der Waals surface area contributed by atoms with Gasteiger partial charge in [0.15, 0.2) is 6.10 Å². The van der Waals surface area contributed by atoms with Crippen molar-refractivity contribution in [1.82, 2.24) is 24.9 Å². The standard InChI is InChI=1S/C27H32N6O7S/c1-16-8-10-20(11-9-16)41(39,40)32-19-13-22(25(36)37)33(15-19)27(38)30-21(12-18-6-4-3-5-7-18)23(34)24(35)31-26-28-14-17(2)29-26/h3-11,14,19,21-23,32,34H,12-13,15H2,1-2H3,(H,30,38)(H,36,37)(H2,28,29,31,35)/t19-,21?,22+,23?/m1/s1. The quantitative estimate of drug-likeness (QED) is 0.204. The van der Waals surface area contributed by atoms with Gasteiger partial charge >= 0.3 is 12.0 Å². The van der Waals surface area contributed by atoms with E-state index < -0.39 is 52.2 Å². The molecule has 2 unspecified atom stereocenters. The summed E-state index contributed by atoms with van der Waals surface area (Å²) in [6, 6.07) is 10.8. The van der Waals surface area contributed by atoms with E-state index in [0.29, 0.717) is 11.3 Å². The van der Waals surface area contributed by atoms with Crippen LogP contribution in [0.15, 0.2) is 65.7 Å². The normalized spacial score (nSPS) is 18.5. The number of aromatic nitrogens is 2. The lowest BCUT2D eigenvalue weighted by atomic mass is 10.0. The predicted octanol–water partition coefficient (Wildman–Crippen LogP) is 1.15. The number of H-pyrrole nitrogens is 1. The molecule has 218 valence electrons. The lowest BCUT2D eigenvalue weighted by Crippen LogP contribution is -2.55. The van der Waals surface area contributed by atoms with E-state index >= 15 is 0 Å². The summed E-state index contributed by atoms with van der Waals surface area (Å²) >= 11 is 0. The number of urea groups is 1. The molecule has 1 fully saturated rings. The first-order valence-electron chi connectivity index (χ1n) is 12.9. The van der Waals surface area contributed by atoms with Gasteiger partial charge in [0.25, 0.3) is 5.91 Å². The first-order valence-corrected chi connectivity index (χ1v) is 14.3. The van der Waals surface area contributed by atoms with Gasteiger partial charge in [-0.05, 0) is 44.4 Å². The van der Waals surface area contributed by atoms with Crippen molar-refractivity contribution in [3.05, 3.63) is 77.6 Å². The van der Waals surface area contributed by atoms with Gasteiger partial charge in [-0.1, -0.05) is 48.0 Å². The number of carboxylic acid groups (broad SMARTS) is 1. The molecule has 2 heterocycles. The second kappa shape index (κ2) is 12.5. The number of amides is 3. The van der Waals surface area contributed by atoms with Crippen LogP contribution in [-0.4, -0.2) is 82.2 Å². The van der Waals surface area contributed by atoms with Gasteiger partial charge in [-0.15, -0.1) is 0 Å². The maximum atomic E-state index is 13.4. The summed E-state index contributed by atoms with van der Waals surface area (Å²) in [5.74, 6) is -2.03. The Kier molecular flexibility index (Phi) is 9.05. The van der Waals surface area contributed by atoms with Crippen LogP contribution in [0.2, 0.25) is 0 Å². The highest BCUT2D eigenvalue weighted by Crippen LogP contribution is 2.22. The number of rotatable bonds is 10. The molecule has 1 aliphatic rings. The topological polar surface area (TPSA) is 194 Å². The minimum absolute atomic E-state index is 0.0155.